The third-order valence-corrected chi connectivity index (χ3v) is 1.75. The molecule has 13 heavy (non-hydrogen) atoms. The summed E-state index contributed by atoms with van der Waals surface area (Å²) in [5, 5.41) is 4.06. The molecule has 0 aliphatic carbocycles. The Morgan fingerprint density at radius 2 is 2.15 bits per heavy atom. The van der Waals surface area contributed by atoms with Crippen LogP contribution in [0.2, 0.25) is 0 Å². The first kappa shape index (κ1) is 9.71. The van der Waals surface area contributed by atoms with Crippen LogP contribution in [0.5, 0.6) is 0 Å². The summed E-state index contributed by atoms with van der Waals surface area (Å²) in [6, 6.07) is 4.00. The smallest absolute Gasteiger partial charge is 0.136 e. The second-order valence-corrected chi connectivity index (χ2v) is 2.40. The highest BCUT2D eigenvalue weighted by molar-refractivity contribution is 5.50. The summed E-state index contributed by atoms with van der Waals surface area (Å²) in [7, 11) is 0. The molecule has 0 N–H and O–H groups in total. The van der Waals surface area contributed by atoms with E-state index in [1.54, 1.807) is 6.33 Å². The fourth-order valence-corrected chi connectivity index (χ4v) is 1.19. The van der Waals surface area contributed by atoms with Crippen LogP contribution in [-0.2, 0) is 6.42 Å². The molecule has 2 rings (SSSR count). The number of fused-ring (bicyclic) bond motifs is 1. The molecule has 3 heteroatoms. The Morgan fingerprint density at radius 3 is 2.85 bits per heavy atom. The summed E-state index contributed by atoms with van der Waals surface area (Å²) >= 11 is 0. The zero-order valence-electron chi connectivity index (χ0n) is 8.36. The van der Waals surface area contributed by atoms with Gasteiger partial charge in [-0.1, -0.05) is 20.8 Å². The van der Waals surface area contributed by atoms with Crippen LogP contribution in [0.25, 0.3) is 5.52 Å². The lowest BCUT2D eigenvalue weighted by Crippen LogP contribution is -1.96. The van der Waals surface area contributed by atoms with E-state index in [0.717, 1.165) is 17.6 Å². The minimum Gasteiger partial charge on any atom is -0.238 e. The monoisotopic (exact) mass is 177 g/mol. The molecule has 2 aromatic heterocycles. The number of aryl methyl sites for hydroxylation is 1. The minimum absolute atomic E-state index is 0.954. The molecule has 0 aliphatic rings. The van der Waals surface area contributed by atoms with E-state index in [1.165, 1.54) is 0 Å². The molecule has 0 bridgehead atoms. The summed E-state index contributed by atoms with van der Waals surface area (Å²) in [5.74, 6) is 0. The summed E-state index contributed by atoms with van der Waals surface area (Å²) in [4.78, 5) is 4.17. The van der Waals surface area contributed by atoms with Gasteiger partial charge < -0.3 is 0 Å². The van der Waals surface area contributed by atoms with E-state index in [9.17, 15) is 0 Å². The molecule has 0 radical (unpaired) electrons. The maximum Gasteiger partial charge on any atom is 0.136 e. The SMILES string of the molecule is CC.CCc1ncnn2cccc12. The van der Waals surface area contributed by atoms with Gasteiger partial charge in [0.15, 0.2) is 0 Å². The van der Waals surface area contributed by atoms with Crippen molar-refractivity contribution in [2.24, 2.45) is 0 Å². The highest BCUT2D eigenvalue weighted by Gasteiger charge is 1.98. The van der Waals surface area contributed by atoms with Gasteiger partial charge in [0.1, 0.15) is 6.33 Å². The topological polar surface area (TPSA) is 30.2 Å². The van der Waals surface area contributed by atoms with Crippen molar-refractivity contribution in [3.05, 3.63) is 30.4 Å². The summed E-state index contributed by atoms with van der Waals surface area (Å²) < 4.78 is 1.84. The van der Waals surface area contributed by atoms with Crippen LogP contribution < -0.4 is 0 Å². The lowest BCUT2D eigenvalue weighted by Gasteiger charge is -1.97. The standard InChI is InChI=1S/C8H9N3.C2H6/c1-2-7-8-4-3-5-11(8)10-6-9-7;1-2/h3-6H,2H2,1H3;1-2H3. The van der Waals surface area contributed by atoms with Crippen LogP contribution in [-0.4, -0.2) is 14.6 Å². The second kappa shape index (κ2) is 4.60. The van der Waals surface area contributed by atoms with Crippen molar-refractivity contribution in [3.63, 3.8) is 0 Å². The van der Waals surface area contributed by atoms with E-state index in [2.05, 4.69) is 17.0 Å². The molecule has 0 aromatic carbocycles. The van der Waals surface area contributed by atoms with Gasteiger partial charge in [-0.2, -0.15) is 5.10 Å². The van der Waals surface area contributed by atoms with Crippen LogP contribution in [0.1, 0.15) is 26.5 Å². The predicted octanol–water partition coefficient (Wildman–Crippen LogP) is 2.32. The Bertz CT molecular complexity index is 365. The normalized spacial score (nSPS) is 9.46. The third kappa shape index (κ3) is 1.86. The van der Waals surface area contributed by atoms with Crippen molar-refractivity contribution >= 4 is 5.52 Å². The molecular formula is C10H15N3. The molecule has 70 valence electrons. The Labute approximate surface area is 78.4 Å². The molecule has 0 aliphatic heterocycles. The van der Waals surface area contributed by atoms with Gasteiger partial charge in [-0.05, 0) is 18.6 Å². The number of hydrogen-bond donors (Lipinski definition) is 0. The van der Waals surface area contributed by atoms with E-state index in [0.29, 0.717) is 0 Å². The number of nitrogens with zero attached hydrogens (tertiary/aromatic N) is 3. The van der Waals surface area contributed by atoms with Crippen LogP contribution in [0.15, 0.2) is 24.7 Å². The van der Waals surface area contributed by atoms with Crippen molar-refractivity contribution in [2.45, 2.75) is 27.2 Å². The lowest BCUT2D eigenvalue weighted by atomic mass is 10.3. The fourth-order valence-electron chi connectivity index (χ4n) is 1.19. The molecule has 0 saturated carbocycles. The summed E-state index contributed by atoms with van der Waals surface area (Å²) in [6.07, 6.45) is 4.47. The fraction of sp³-hybridized carbons (Fsp3) is 0.400. The van der Waals surface area contributed by atoms with E-state index in [1.807, 2.05) is 36.7 Å². The van der Waals surface area contributed by atoms with Gasteiger partial charge in [0.05, 0.1) is 11.2 Å². The van der Waals surface area contributed by atoms with E-state index >= 15 is 0 Å². The Morgan fingerprint density at radius 1 is 1.38 bits per heavy atom. The zero-order chi connectivity index (χ0) is 9.68. The van der Waals surface area contributed by atoms with Crippen LogP contribution in [0.3, 0.4) is 0 Å². The van der Waals surface area contributed by atoms with E-state index < -0.39 is 0 Å². The molecule has 2 aromatic rings. The van der Waals surface area contributed by atoms with E-state index in [-0.39, 0.29) is 0 Å². The Kier molecular flexibility index (Phi) is 3.43. The van der Waals surface area contributed by atoms with Crippen molar-refractivity contribution in [1.29, 1.82) is 0 Å². The lowest BCUT2D eigenvalue weighted by molar-refractivity contribution is 0.867. The van der Waals surface area contributed by atoms with Gasteiger partial charge in [0, 0.05) is 6.20 Å². The number of hydrogen-bond acceptors (Lipinski definition) is 2. The molecular weight excluding hydrogens is 162 g/mol. The minimum atomic E-state index is 0.954. The maximum atomic E-state index is 4.17. The van der Waals surface area contributed by atoms with Crippen molar-refractivity contribution in [1.82, 2.24) is 14.6 Å². The largest absolute Gasteiger partial charge is 0.238 e. The Balaban J connectivity index is 0.000000396. The van der Waals surface area contributed by atoms with Gasteiger partial charge in [-0.3, -0.25) is 0 Å². The van der Waals surface area contributed by atoms with Crippen LogP contribution >= 0.6 is 0 Å². The van der Waals surface area contributed by atoms with Gasteiger partial charge >= 0.3 is 0 Å². The average Bonchev–Trinajstić information content (AvgIpc) is 2.68. The molecule has 2 heterocycles. The summed E-state index contributed by atoms with van der Waals surface area (Å²) in [5.41, 5.74) is 2.21. The third-order valence-electron chi connectivity index (χ3n) is 1.75. The summed E-state index contributed by atoms with van der Waals surface area (Å²) in [6.45, 7) is 6.09. The zero-order valence-corrected chi connectivity index (χ0v) is 8.36. The molecule has 0 fully saturated rings. The maximum absolute atomic E-state index is 4.17. The highest BCUT2D eigenvalue weighted by Crippen LogP contribution is 2.06. The van der Waals surface area contributed by atoms with Crippen LogP contribution in [0.4, 0.5) is 0 Å². The average molecular weight is 177 g/mol. The molecule has 0 unspecified atom stereocenters. The van der Waals surface area contributed by atoms with Gasteiger partial charge in [0.2, 0.25) is 0 Å². The Hall–Kier alpha value is -1.38. The molecule has 0 atom stereocenters. The molecule has 0 amide bonds. The quantitative estimate of drug-likeness (QED) is 0.669. The first-order valence-corrected chi connectivity index (χ1v) is 4.69. The van der Waals surface area contributed by atoms with E-state index in [4.69, 9.17) is 0 Å². The van der Waals surface area contributed by atoms with Gasteiger partial charge in [-0.15, -0.1) is 0 Å². The van der Waals surface area contributed by atoms with Gasteiger partial charge in [-0.25, -0.2) is 9.50 Å². The molecule has 0 saturated heterocycles. The van der Waals surface area contributed by atoms with Crippen molar-refractivity contribution < 1.29 is 0 Å². The van der Waals surface area contributed by atoms with Crippen LogP contribution in [0, 0.1) is 0 Å². The van der Waals surface area contributed by atoms with Gasteiger partial charge in [0.25, 0.3) is 0 Å². The predicted molar refractivity (Wildman–Crippen MR) is 53.7 cm³/mol. The number of aromatic nitrogens is 3. The first-order valence-electron chi connectivity index (χ1n) is 4.69. The van der Waals surface area contributed by atoms with Crippen molar-refractivity contribution in [3.8, 4) is 0 Å². The first-order chi connectivity index (χ1) is 6.42. The molecule has 0 spiro atoms. The molecule has 3 nitrogen and oxygen atoms in total. The number of rotatable bonds is 1. The van der Waals surface area contributed by atoms with Crippen molar-refractivity contribution in [2.75, 3.05) is 0 Å². The highest BCUT2D eigenvalue weighted by atomic mass is 15.2. The second-order valence-electron chi connectivity index (χ2n) is 2.40.